The van der Waals surface area contributed by atoms with E-state index in [9.17, 15) is 33.2 Å². The molecule has 1 atom stereocenters. The maximum Gasteiger partial charge on any atom is 0.263 e. The van der Waals surface area contributed by atoms with Gasteiger partial charge in [-0.1, -0.05) is 23.7 Å². The van der Waals surface area contributed by atoms with Gasteiger partial charge in [-0.25, -0.2) is 14.4 Å². The Bertz CT molecular complexity index is 2670. The van der Waals surface area contributed by atoms with E-state index in [-0.39, 0.29) is 54.0 Å². The van der Waals surface area contributed by atoms with Crippen molar-refractivity contribution in [3.63, 3.8) is 0 Å². The highest BCUT2D eigenvalue weighted by Gasteiger charge is 2.45. The zero-order valence-corrected chi connectivity index (χ0v) is 40.7. The fraction of sp³-hybridized carbons (Fsp3) is 0.429. The van der Waals surface area contributed by atoms with Crippen LogP contribution in [0.5, 0.6) is 5.75 Å². The number of methoxy groups -OCH3 is 1. The summed E-state index contributed by atoms with van der Waals surface area (Å²) in [6.45, 7) is 6.92. The number of piperazine rings is 1. The predicted molar refractivity (Wildman–Crippen MR) is 262 cm³/mol. The van der Waals surface area contributed by atoms with Gasteiger partial charge in [-0.15, -0.1) is 11.8 Å². The van der Waals surface area contributed by atoms with Crippen molar-refractivity contribution >= 4 is 86.9 Å². The van der Waals surface area contributed by atoms with Gasteiger partial charge < -0.3 is 34.5 Å². The van der Waals surface area contributed by atoms with E-state index >= 15 is 0 Å². The van der Waals surface area contributed by atoms with Crippen LogP contribution >= 0.6 is 23.4 Å². The second-order valence-corrected chi connectivity index (χ2v) is 18.7. The predicted octanol–water partition coefficient (Wildman–Crippen LogP) is 4.52. The van der Waals surface area contributed by atoms with Gasteiger partial charge >= 0.3 is 0 Å². The maximum atomic E-state index is 13.7. The lowest BCUT2D eigenvalue weighted by molar-refractivity contribution is -0.139. The molecule has 71 heavy (non-hydrogen) atoms. The van der Waals surface area contributed by atoms with Crippen molar-refractivity contribution in [3.05, 3.63) is 89.0 Å². The van der Waals surface area contributed by atoms with E-state index in [0.717, 1.165) is 43.9 Å². The lowest BCUT2D eigenvalue weighted by Gasteiger charge is -2.42. The molecule has 6 amide bonds. The Hall–Kier alpha value is -6.07. The van der Waals surface area contributed by atoms with Crippen molar-refractivity contribution in [2.75, 3.05) is 109 Å². The number of fused-ring (bicyclic) bond motifs is 2. The molecule has 0 radical (unpaired) electrons. The van der Waals surface area contributed by atoms with Crippen molar-refractivity contribution in [3.8, 4) is 5.75 Å². The zero-order chi connectivity index (χ0) is 49.9. The number of benzene rings is 3. The molecule has 4 aliphatic heterocycles. The van der Waals surface area contributed by atoms with Gasteiger partial charge in [0.15, 0.2) is 0 Å². The first-order chi connectivity index (χ1) is 34.5. The third-order valence-electron chi connectivity index (χ3n) is 12.7. The fourth-order valence-electron chi connectivity index (χ4n) is 8.95. The molecule has 22 heteroatoms. The molecule has 3 aromatic carbocycles. The number of halogens is 2. The minimum absolute atomic E-state index is 0.0122. The van der Waals surface area contributed by atoms with Crippen molar-refractivity contribution in [2.45, 2.75) is 42.7 Å². The molecule has 3 saturated heterocycles. The second-order valence-electron chi connectivity index (χ2n) is 17.1. The Morgan fingerprint density at radius 1 is 0.901 bits per heavy atom. The van der Waals surface area contributed by atoms with Gasteiger partial charge in [-0.3, -0.25) is 48.8 Å². The number of aromatic nitrogens is 2. The summed E-state index contributed by atoms with van der Waals surface area (Å²) < 4.78 is 36.2. The van der Waals surface area contributed by atoms with Crippen LogP contribution in [0.4, 0.5) is 21.6 Å². The van der Waals surface area contributed by atoms with Gasteiger partial charge in [0.2, 0.25) is 23.6 Å². The summed E-state index contributed by atoms with van der Waals surface area (Å²) in [6.07, 6.45) is 6.91. The van der Waals surface area contributed by atoms with Crippen molar-refractivity contribution in [2.24, 2.45) is 0 Å². The van der Waals surface area contributed by atoms with E-state index in [2.05, 4.69) is 35.7 Å². The summed E-state index contributed by atoms with van der Waals surface area (Å²) in [5, 5.41) is 8.84. The highest BCUT2D eigenvalue weighted by Crippen LogP contribution is 2.36. The summed E-state index contributed by atoms with van der Waals surface area (Å²) >= 11 is 7.35. The minimum atomic E-state index is -1.02. The van der Waals surface area contributed by atoms with Crippen LogP contribution in [0.15, 0.2) is 71.9 Å². The van der Waals surface area contributed by atoms with Crippen LogP contribution < -0.4 is 20.7 Å². The molecular weight excluding hydrogens is 961 g/mol. The van der Waals surface area contributed by atoms with Crippen LogP contribution in [0.2, 0.25) is 5.02 Å². The number of likely N-dealkylation sites (tertiary alicyclic amines) is 1. The molecule has 19 nitrogen and oxygen atoms in total. The van der Waals surface area contributed by atoms with E-state index in [1.807, 2.05) is 11.0 Å². The standard InChI is InChI=1S/C49H55ClFN9O10S/c1-67-40-28-37-34(46(53-30-52-37)54-31-7-8-36(51)35(50)26-31)27-38(40)55-42(61)6-3-13-57-14-11-32(12-15-57)58-16-18-59(19-17-58)44(63)29-70-23-22-68-20-21-69-24-25-71-41-5-2-4-33-45(41)49(66)60(48(33)65)39-9-10-43(62)56-47(39)64/h2-8,26-28,30,32,39H,9-25,29H2,1H3,(H,55,61)(H,52,53,54)(H,56,62,64)/b6-3+. The number of hydrogen-bond acceptors (Lipinski definition) is 16. The van der Waals surface area contributed by atoms with E-state index < -0.39 is 35.5 Å². The second kappa shape index (κ2) is 24.4. The van der Waals surface area contributed by atoms with E-state index in [1.165, 1.54) is 43.4 Å². The summed E-state index contributed by atoms with van der Waals surface area (Å²) in [4.78, 5) is 93.2. The van der Waals surface area contributed by atoms with Gasteiger partial charge in [0, 0.05) is 79.1 Å². The lowest BCUT2D eigenvalue weighted by Crippen LogP contribution is -2.54. The average Bonchev–Trinajstić information content (AvgIpc) is 3.62. The molecule has 1 aromatic heterocycles. The zero-order valence-electron chi connectivity index (χ0n) is 39.2. The fourth-order valence-corrected chi connectivity index (χ4v) is 10.1. The average molecular weight is 1020 g/mol. The highest BCUT2D eigenvalue weighted by molar-refractivity contribution is 7.99. The van der Waals surface area contributed by atoms with Gasteiger partial charge in [-0.2, -0.15) is 0 Å². The maximum absolute atomic E-state index is 13.7. The summed E-state index contributed by atoms with van der Waals surface area (Å²) in [5.74, 6) is -1.64. The number of carbonyl (C=O) groups is 6. The summed E-state index contributed by atoms with van der Waals surface area (Å²) in [7, 11) is 1.51. The number of nitrogens with one attached hydrogen (secondary N) is 3. The number of rotatable bonds is 21. The molecular formula is C49H55ClFN9O10S. The normalized spacial score (nSPS) is 18.1. The molecule has 0 saturated carbocycles. The Morgan fingerprint density at radius 2 is 1.66 bits per heavy atom. The number of carbonyl (C=O) groups excluding carboxylic acids is 6. The van der Waals surface area contributed by atoms with Crippen LogP contribution in [-0.4, -0.2) is 175 Å². The van der Waals surface area contributed by atoms with Crippen LogP contribution in [0.3, 0.4) is 0 Å². The van der Waals surface area contributed by atoms with Crippen molar-refractivity contribution in [1.29, 1.82) is 0 Å². The van der Waals surface area contributed by atoms with Crippen LogP contribution in [-0.2, 0) is 33.4 Å². The van der Waals surface area contributed by atoms with Crippen LogP contribution in [0, 0.1) is 5.82 Å². The molecule has 1 unspecified atom stereocenters. The monoisotopic (exact) mass is 1020 g/mol. The van der Waals surface area contributed by atoms with Crippen molar-refractivity contribution < 1.29 is 52.1 Å². The quantitative estimate of drug-likeness (QED) is 0.0453. The number of anilines is 3. The molecule has 0 aliphatic carbocycles. The molecule has 3 fully saturated rings. The number of amides is 6. The molecule has 4 aromatic rings. The number of hydrogen-bond donors (Lipinski definition) is 3. The minimum Gasteiger partial charge on any atom is -0.494 e. The number of thioether (sulfide) groups is 1. The summed E-state index contributed by atoms with van der Waals surface area (Å²) in [5.41, 5.74) is 2.06. The molecule has 376 valence electrons. The SMILES string of the molecule is COc1cc2ncnc(Nc3ccc(F)c(Cl)c3)c2cc1NC(=O)/C=C/CN1CCC(N2CCN(C(=O)COCCOCCOCCSc3cccc4c3C(=O)N(C3CCC(=O)NC3=O)C4=O)CC2)CC1. The topological polar surface area (TPSA) is 214 Å². The Morgan fingerprint density at radius 3 is 2.41 bits per heavy atom. The van der Waals surface area contributed by atoms with Gasteiger partial charge in [0.25, 0.3) is 11.8 Å². The van der Waals surface area contributed by atoms with E-state index in [1.54, 1.807) is 36.4 Å². The van der Waals surface area contributed by atoms with Gasteiger partial charge in [-0.05, 0) is 68.8 Å². The highest BCUT2D eigenvalue weighted by atomic mass is 35.5. The third-order valence-corrected chi connectivity index (χ3v) is 14.0. The molecule has 5 heterocycles. The largest absolute Gasteiger partial charge is 0.494 e. The number of ether oxygens (including phenoxy) is 4. The Kier molecular flexibility index (Phi) is 17.6. The molecule has 0 bridgehead atoms. The first kappa shape index (κ1) is 51.3. The first-order valence-corrected chi connectivity index (χ1v) is 24.8. The van der Waals surface area contributed by atoms with Crippen molar-refractivity contribution in [1.82, 2.24) is 34.9 Å². The number of piperidine rings is 2. The molecule has 0 spiro atoms. The molecule has 4 aliphatic rings. The number of imide groups is 2. The van der Waals surface area contributed by atoms with Crippen LogP contribution in [0.1, 0.15) is 46.4 Å². The molecule has 8 rings (SSSR count). The molecule has 3 N–H and O–H groups in total. The third kappa shape index (κ3) is 12.9. The van der Waals surface area contributed by atoms with Gasteiger partial charge in [0.1, 0.15) is 36.4 Å². The summed E-state index contributed by atoms with van der Waals surface area (Å²) in [6, 6.07) is 12.1. The Balaban J connectivity index is 0.660. The van der Waals surface area contributed by atoms with E-state index in [0.29, 0.717) is 96.6 Å². The van der Waals surface area contributed by atoms with Gasteiger partial charge in [0.05, 0.1) is 67.5 Å². The number of nitrogens with zero attached hydrogens (tertiary/aromatic N) is 6. The smallest absolute Gasteiger partial charge is 0.263 e. The first-order valence-electron chi connectivity index (χ1n) is 23.4. The van der Waals surface area contributed by atoms with E-state index in [4.69, 9.17) is 30.5 Å². The Labute approximate surface area is 418 Å². The van der Waals surface area contributed by atoms with Crippen LogP contribution in [0.25, 0.3) is 10.9 Å². The lowest BCUT2D eigenvalue weighted by atomic mass is 10.0.